The minimum Gasteiger partial charge on any atom is -0.334 e. The molecule has 22 heavy (non-hydrogen) atoms. The molecule has 4 aliphatic rings. The molecule has 0 unspecified atom stereocenters. The van der Waals surface area contributed by atoms with Crippen LogP contribution in [0.3, 0.4) is 0 Å². The van der Waals surface area contributed by atoms with Crippen molar-refractivity contribution in [1.29, 1.82) is 0 Å². The van der Waals surface area contributed by atoms with E-state index in [1.807, 2.05) is 12.1 Å². The lowest BCUT2D eigenvalue weighted by molar-refractivity contribution is 0.257. The van der Waals surface area contributed by atoms with Crippen molar-refractivity contribution in [2.45, 2.75) is 41.1 Å². The summed E-state index contributed by atoms with van der Waals surface area (Å²) in [5.74, 6) is 2.97. The Hall–Kier alpha value is -0.320. The number of nitrogens with one attached hydrogen (secondary N) is 1. The Morgan fingerprint density at radius 3 is 2.68 bits per heavy atom. The number of carbonyl (C=O) groups excluding carboxylic acids is 1. The Morgan fingerprint density at radius 2 is 1.86 bits per heavy atom. The molecule has 2 nitrogen and oxygen atoms in total. The predicted molar refractivity (Wildman–Crippen MR) is 93.6 cm³/mol. The first-order chi connectivity index (χ1) is 10.7. The number of halogens is 1. The number of amides is 1. The van der Waals surface area contributed by atoms with E-state index in [2.05, 4.69) is 29.2 Å². The molecule has 2 aliphatic heterocycles. The highest BCUT2D eigenvalue weighted by Crippen LogP contribution is 2.64. The van der Waals surface area contributed by atoms with Gasteiger partial charge in [-0.3, -0.25) is 4.79 Å². The summed E-state index contributed by atoms with van der Waals surface area (Å²) in [4.78, 5) is 12.0. The minimum absolute atomic E-state index is 0.161. The maximum absolute atomic E-state index is 12.0. The fourth-order valence-electron chi connectivity index (χ4n) is 5.26. The van der Waals surface area contributed by atoms with E-state index in [1.165, 1.54) is 36.6 Å². The monoisotopic (exact) mass is 351 g/mol. The Bertz CT molecular complexity index is 622. The number of hydrogen-bond donors (Lipinski definition) is 1. The van der Waals surface area contributed by atoms with Crippen molar-refractivity contribution in [2.24, 2.45) is 17.8 Å². The summed E-state index contributed by atoms with van der Waals surface area (Å²) in [5.41, 5.74) is 1.38. The molecule has 5 rings (SSSR count). The van der Waals surface area contributed by atoms with Crippen LogP contribution in [-0.2, 0) is 0 Å². The van der Waals surface area contributed by atoms with Crippen LogP contribution >= 0.6 is 35.1 Å². The van der Waals surface area contributed by atoms with Crippen LogP contribution in [0, 0.1) is 17.8 Å². The quantitative estimate of drug-likeness (QED) is 0.792. The van der Waals surface area contributed by atoms with E-state index < -0.39 is 0 Å². The number of rotatable bonds is 1. The highest BCUT2D eigenvalue weighted by atomic mass is 35.5. The summed E-state index contributed by atoms with van der Waals surface area (Å²) in [6.45, 7) is 0. The molecule has 5 heteroatoms. The normalized spacial score (nSPS) is 45.5. The molecule has 2 aliphatic carbocycles. The molecule has 116 valence electrons. The molecule has 0 spiro atoms. The molecule has 1 N–H and O–H groups in total. The smallest absolute Gasteiger partial charge is 0.280 e. The summed E-state index contributed by atoms with van der Waals surface area (Å²) in [6.07, 6.45) is 4.19. The van der Waals surface area contributed by atoms with E-state index in [9.17, 15) is 4.79 Å². The van der Waals surface area contributed by atoms with Gasteiger partial charge < -0.3 is 5.32 Å². The summed E-state index contributed by atoms with van der Waals surface area (Å²) in [6, 6.07) is 8.38. The molecule has 4 fully saturated rings. The minimum atomic E-state index is 0.161. The second-order valence-electron chi connectivity index (χ2n) is 7.02. The van der Waals surface area contributed by atoms with Crippen molar-refractivity contribution >= 4 is 40.4 Å². The van der Waals surface area contributed by atoms with E-state index in [-0.39, 0.29) is 5.24 Å². The molecule has 2 heterocycles. The number of carbonyl (C=O) groups is 1. The summed E-state index contributed by atoms with van der Waals surface area (Å²) in [5, 5.41) is 5.56. The second-order valence-corrected chi connectivity index (χ2v) is 9.94. The third-order valence-electron chi connectivity index (χ3n) is 6.03. The van der Waals surface area contributed by atoms with Gasteiger partial charge in [-0.2, -0.15) is 0 Å². The zero-order valence-electron chi connectivity index (χ0n) is 12.1. The largest absolute Gasteiger partial charge is 0.334 e. The highest BCUT2D eigenvalue weighted by Gasteiger charge is 2.59. The van der Waals surface area contributed by atoms with Gasteiger partial charge in [0.2, 0.25) is 0 Å². The van der Waals surface area contributed by atoms with Gasteiger partial charge in [0, 0.05) is 16.2 Å². The van der Waals surface area contributed by atoms with E-state index >= 15 is 0 Å². The molecule has 1 aromatic carbocycles. The number of thioether (sulfide) groups is 2. The molecule has 2 saturated heterocycles. The summed E-state index contributed by atoms with van der Waals surface area (Å²) < 4.78 is 0. The van der Waals surface area contributed by atoms with Crippen molar-refractivity contribution in [3.63, 3.8) is 0 Å². The Labute approximate surface area is 144 Å². The lowest BCUT2D eigenvalue weighted by Crippen LogP contribution is -2.46. The molecule has 1 amide bonds. The average molecular weight is 352 g/mol. The van der Waals surface area contributed by atoms with Crippen LogP contribution in [0.15, 0.2) is 24.3 Å². The van der Waals surface area contributed by atoms with Crippen LogP contribution in [0.5, 0.6) is 0 Å². The molecule has 7 atom stereocenters. The van der Waals surface area contributed by atoms with Crippen LogP contribution in [-0.4, -0.2) is 21.1 Å². The van der Waals surface area contributed by atoms with Gasteiger partial charge in [0.1, 0.15) is 0 Å². The Kier molecular flexibility index (Phi) is 3.25. The Balaban J connectivity index is 1.58. The van der Waals surface area contributed by atoms with Crippen molar-refractivity contribution in [1.82, 2.24) is 5.32 Å². The van der Waals surface area contributed by atoms with Gasteiger partial charge in [-0.15, -0.1) is 11.8 Å². The summed E-state index contributed by atoms with van der Waals surface area (Å²) >= 11 is 9.67. The van der Waals surface area contributed by atoms with E-state index in [4.69, 9.17) is 11.6 Å². The second kappa shape index (κ2) is 5.09. The maximum atomic E-state index is 12.0. The molecule has 0 radical (unpaired) electrons. The topological polar surface area (TPSA) is 29.1 Å². The van der Waals surface area contributed by atoms with E-state index in [0.29, 0.717) is 16.5 Å². The van der Waals surface area contributed by atoms with Crippen molar-refractivity contribution < 1.29 is 4.79 Å². The van der Waals surface area contributed by atoms with Crippen LogP contribution in [0.25, 0.3) is 0 Å². The van der Waals surface area contributed by atoms with Crippen molar-refractivity contribution in [3.8, 4) is 0 Å². The van der Waals surface area contributed by atoms with Gasteiger partial charge in [-0.25, -0.2) is 0 Å². The third-order valence-corrected chi connectivity index (χ3v) is 9.34. The van der Waals surface area contributed by atoms with Crippen LogP contribution < -0.4 is 5.32 Å². The zero-order valence-corrected chi connectivity index (χ0v) is 14.5. The standard InChI is InChI=1S/C17H18ClNOS2/c18-11-5-3-8(4-6-11)12-13-9-1-2-10(7-9)14(13)21-16-15(12)22-17(20)19-16/h3-6,9-10,12-16H,1-2,7H2,(H,19,20)/t9-,10-,12+,13+,14+,15+,16+/m0/s1. The molecular formula is C17H18ClNOS2. The first-order valence-electron chi connectivity index (χ1n) is 8.09. The van der Waals surface area contributed by atoms with Gasteiger partial charge >= 0.3 is 0 Å². The number of fused-ring (bicyclic) bond motifs is 6. The predicted octanol–water partition coefficient (Wildman–Crippen LogP) is 4.74. The summed E-state index contributed by atoms with van der Waals surface area (Å²) in [7, 11) is 0. The first kappa shape index (κ1) is 14.1. The van der Waals surface area contributed by atoms with Crippen LogP contribution in [0.2, 0.25) is 5.02 Å². The Morgan fingerprint density at radius 1 is 1.09 bits per heavy atom. The number of hydrogen-bond acceptors (Lipinski definition) is 3. The van der Waals surface area contributed by atoms with Gasteiger partial charge in [0.25, 0.3) is 5.24 Å². The zero-order chi connectivity index (χ0) is 14.8. The van der Waals surface area contributed by atoms with Gasteiger partial charge in [-0.1, -0.05) is 35.5 Å². The lowest BCUT2D eigenvalue weighted by atomic mass is 9.73. The molecule has 0 aromatic heterocycles. The van der Waals surface area contributed by atoms with Crippen LogP contribution in [0.4, 0.5) is 4.79 Å². The first-order valence-corrected chi connectivity index (χ1v) is 10.3. The van der Waals surface area contributed by atoms with Crippen molar-refractivity contribution in [3.05, 3.63) is 34.9 Å². The van der Waals surface area contributed by atoms with E-state index in [1.54, 1.807) is 0 Å². The fourth-order valence-corrected chi connectivity index (χ4v) is 8.82. The molecular weight excluding hydrogens is 334 g/mol. The third kappa shape index (κ3) is 1.99. The van der Waals surface area contributed by atoms with Gasteiger partial charge in [0.15, 0.2) is 0 Å². The average Bonchev–Trinajstić information content (AvgIpc) is 3.19. The molecule has 2 bridgehead atoms. The number of benzene rings is 1. The lowest BCUT2D eigenvalue weighted by Gasteiger charge is -2.46. The highest BCUT2D eigenvalue weighted by molar-refractivity contribution is 8.15. The van der Waals surface area contributed by atoms with Gasteiger partial charge in [0.05, 0.1) is 10.6 Å². The van der Waals surface area contributed by atoms with E-state index in [0.717, 1.165) is 28.0 Å². The SMILES string of the molecule is O=C1N[C@@H]2S[C@@H]3[C@H]4CC[C@@H](C4)[C@@H]3[C@@H](c3ccc(Cl)cc3)[C@H]2S1. The van der Waals surface area contributed by atoms with Gasteiger partial charge in [-0.05, 0) is 54.7 Å². The fraction of sp³-hybridized carbons (Fsp3) is 0.588. The maximum Gasteiger partial charge on any atom is 0.280 e. The van der Waals surface area contributed by atoms with Crippen LogP contribution in [0.1, 0.15) is 30.7 Å². The van der Waals surface area contributed by atoms with Crippen molar-refractivity contribution in [2.75, 3.05) is 0 Å². The molecule has 1 aromatic rings. The molecule has 2 saturated carbocycles.